The Balaban J connectivity index is 1.53. The number of para-hydroxylation sites is 1. The normalized spacial score (nSPS) is 11.5. The van der Waals surface area contributed by atoms with Crippen LogP contribution in [0.4, 0.5) is 0 Å². The van der Waals surface area contributed by atoms with Crippen LogP contribution in [0.25, 0.3) is 21.8 Å². The number of aromatic amines is 2. The standard InChI is InChI=1S/C19H16N4O/c1-12-6-7-16-13(8-12)9-18(22-16)19(24)23-21-11-14-10-20-17-5-3-2-4-15(14)17/h2-11,20,22H,1H3,(H,23,24)/b21-11-. The molecule has 0 bridgehead atoms. The fourth-order valence-corrected chi connectivity index (χ4v) is 2.80. The van der Waals surface area contributed by atoms with Gasteiger partial charge in [0.25, 0.3) is 5.91 Å². The Kier molecular flexibility index (Phi) is 3.39. The summed E-state index contributed by atoms with van der Waals surface area (Å²) in [6.07, 6.45) is 3.51. The molecule has 5 heteroatoms. The molecule has 0 fully saturated rings. The first-order valence-corrected chi connectivity index (χ1v) is 7.69. The molecule has 2 heterocycles. The molecule has 0 aliphatic heterocycles. The highest BCUT2D eigenvalue weighted by Gasteiger charge is 2.08. The lowest BCUT2D eigenvalue weighted by Crippen LogP contribution is -2.17. The summed E-state index contributed by atoms with van der Waals surface area (Å²) in [6.45, 7) is 2.03. The predicted octanol–water partition coefficient (Wildman–Crippen LogP) is 3.72. The molecule has 118 valence electrons. The number of hydrogen-bond acceptors (Lipinski definition) is 2. The summed E-state index contributed by atoms with van der Waals surface area (Å²) in [5, 5.41) is 6.14. The molecule has 0 saturated heterocycles. The topological polar surface area (TPSA) is 73.0 Å². The van der Waals surface area contributed by atoms with Gasteiger partial charge in [0.2, 0.25) is 0 Å². The minimum atomic E-state index is -0.264. The lowest BCUT2D eigenvalue weighted by atomic mass is 10.2. The van der Waals surface area contributed by atoms with Crippen LogP contribution in [0.15, 0.2) is 59.8 Å². The third-order valence-electron chi connectivity index (χ3n) is 4.01. The van der Waals surface area contributed by atoms with Gasteiger partial charge in [-0.05, 0) is 31.2 Å². The SMILES string of the molecule is Cc1ccc2[nH]c(C(=O)N/N=C\c3c[nH]c4ccccc34)cc2c1. The van der Waals surface area contributed by atoms with Gasteiger partial charge in [-0.1, -0.05) is 29.8 Å². The number of nitrogens with zero attached hydrogens (tertiary/aromatic N) is 1. The van der Waals surface area contributed by atoms with Crippen molar-refractivity contribution in [1.82, 2.24) is 15.4 Å². The fraction of sp³-hybridized carbons (Fsp3) is 0.0526. The first kappa shape index (κ1) is 14.3. The first-order valence-electron chi connectivity index (χ1n) is 7.69. The number of hydrogen-bond donors (Lipinski definition) is 3. The van der Waals surface area contributed by atoms with Crippen LogP contribution in [0, 0.1) is 6.92 Å². The van der Waals surface area contributed by atoms with E-state index in [2.05, 4.69) is 20.5 Å². The van der Waals surface area contributed by atoms with Crippen LogP contribution in [0.1, 0.15) is 21.6 Å². The summed E-state index contributed by atoms with van der Waals surface area (Å²) in [5.74, 6) is -0.264. The van der Waals surface area contributed by atoms with E-state index >= 15 is 0 Å². The maximum atomic E-state index is 12.2. The number of amides is 1. The van der Waals surface area contributed by atoms with Crippen molar-refractivity contribution in [3.63, 3.8) is 0 Å². The van der Waals surface area contributed by atoms with Crippen molar-refractivity contribution in [1.29, 1.82) is 0 Å². The second kappa shape index (κ2) is 5.70. The van der Waals surface area contributed by atoms with E-state index < -0.39 is 0 Å². The van der Waals surface area contributed by atoms with E-state index in [1.165, 1.54) is 0 Å². The Labute approximate surface area is 138 Å². The molecular weight excluding hydrogens is 300 g/mol. The number of carbonyl (C=O) groups is 1. The molecule has 4 aromatic rings. The average Bonchev–Trinajstić information content (AvgIpc) is 3.18. The Hall–Kier alpha value is -3.34. The van der Waals surface area contributed by atoms with Crippen molar-refractivity contribution in [2.45, 2.75) is 6.92 Å². The highest BCUT2D eigenvalue weighted by atomic mass is 16.2. The number of nitrogens with one attached hydrogen (secondary N) is 3. The van der Waals surface area contributed by atoms with Gasteiger partial charge in [-0.25, -0.2) is 5.43 Å². The molecule has 4 rings (SSSR count). The zero-order chi connectivity index (χ0) is 16.5. The average molecular weight is 316 g/mol. The van der Waals surface area contributed by atoms with E-state index in [0.29, 0.717) is 5.69 Å². The van der Waals surface area contributed by atoms with Crippen LogP contribution in [0.5, 0.6) is 0 Å². The van der Waals surface area contributed by atoms with Gasteiger partial charge in [-0.2, -0.15) is 5.10 Å². The minimum Gasteiger partial charge on any atom is -0.361 e. The molecule has 0 atom stereocenters. The lowest BCUT2D eigenvalue weighted by Gasteiger charge is -1.96. The van der Waals surface area contributed by atoms with Crippen LogP contribution in [0.3, 0.4) is 0 Å². The molecule has 3 N–H and O–H groups in total. The summed E-state index contributed by atoms with van der Waals surface area (Å²) in [7, 11) is 0. The van der Waals surface area contributed by atoms with Gasteiger partial charge < -0.3 is 9.97 Å². The molecule has 5 nitrogen and oxygen atoms in total. The molecular formula is C19H16N4O. The smallest absolute Gasteiger partial charge is 0.287 e. The molecule has 0 radical (unpaired) electrons. The number of carbonyl (C=O) groups excluding carboxylic acids is 1. The van der Waals surface area contributed by atoms with Gasteiger partial charge in [0.05, 0.1) is 6.21 Å². The van der Waals surface area contributed by atoms with Gasteiger partial charge in [-0.15, -0.1) is 0 Å². The van der Waals surface area contributed by atoms with Crippen molar-refractivity contribution in [3.8, 4) is 0 Å². The largest absolute Gasteiger partial charge is 0.361 e. The quantitative estimate of drug-likeness (QED) is 0.391. The zero-order valence-corrected chi connectivity index (χ0v) is 13.1. The monoisotopic (exact) mass is 316 g/mol. The predicted molar refractivity (Wildman–Crippen MR) is 96.4 cm³/mol. The minimum absolute atomic E-state index is 0.264. The van der Waals surface area contributed by atoms with Crippen molar-refractivity contribution in [3.05, 3.63) is 71.5 Å². The molecule has 0 saturated carbocycles. The van der Waals surface area contributed by atoms with Gasteiger partial charge in [0.1, 0.15) is 5.69 Å². The molecule has 24 heavy (non-hydrogen) atoms. The molecule has 1 amide bonds. The maximum absolute atomic E-state index is 12.2. The van der Waals surface area contributed by atoms with E-state index in [-0.39, 0.29) is 5.91 Å². The van der Waals surface area contributed by atoms with E-state index in [0.717, 1.165) is 32.9 Å². The summed E-state index contributed by atoms with van der Waals surface area (Å²) in [5.41, 5.74) is 7.12. The van der Waals surface area contributed by atoms with Crippen molar-refractivity contribution in [2.24, 2.45) is 5.10 Å². The third kappa shape index (κ3) is 2.56. The summed E-state index contributed by atoms with van der Waals surface area (Å²) >= 11 is 0. The van der Waals surface area contributed by atoms with Crippen LogP contribution in [-0.2, 0) is 0 Å². The fourth-order valence-electron chi connectivity index (χ4n) is 2.80. The second-order valence-electron chi connectivity index (χ2n) is 5.76. The van der Waals surface area contributed by atoms with E-state index in [1.807, 2.05) is 61.7 Å². The van der Waals surface area contributed by atoms with Gasteiger partial charge in [-0.3, -0.25) is 4.79 Å². The van der Waals surface area contributed by atoms with Gasteiger partial charge in [0.15, 0.2) is 0 Å². The number of rotatable bonds is 3. The molecule has 2 aromatic heterocycles. The number of fused-ring (bicyclic) bond motifs is 2. The zero-order valence-electron chi connectivity index (χ0n) is 13.1. The Morgan fingerprint density at radius 3 is 2.92 bits per heavy atom. The van der Waals surface area contributed by atoms with Gasteiger partial charge in [0, 0.05) is 33.6 Å². The summed E-state index contributed by atoms with van der Waals surface area (Å²) < 4.78 is 0. The molecule has 0 aliphatic carbocycles. The maximum Gasteiger partial charge on any atom is 0.287 e. The highest BCUT2D eigenvalue weighted by molar-refractivity contribution is 6.01. The Bertz CT molecular complexity index is 1070. The lowest BCUT2D eigenvalue weighted by molar-refractivity contribution is 0.0951. The van der Waals surface area contributed by atoms with Crippen LogP contribution < -0.4 is 5.43 Å². The first-order chi connectivity index (χ1) is 11.7. The van der Waals surface area contributed by atoms with Crippen molar-refractivity contribution >= 4 is 33.9 Å². The summed E-state index contributed by atoms with van der Waals surface area (Å²) in [4.78, 5) is 18.5. The third-order valence-corrected chi connectivity index (χ3v) is 4.01. The molecule has 0 spiro atoms. The van der Waals surface area contributed by atoms with E-state index in [1.54, 1.807) is 6.21 Å². The van der Waals surface area contributed by atoms with Crippen LogP contribution in [0.2, 0.25) is 0 Å². The van der Waals surface area contributed by atoms with Crippen LogP contribution in [-0.4, -0.2) is 22.1 Å². The van der Waals surface area contributed by atoms with E-state index in [9.17, 15) is 4.79 Å². The number of hydrazone groups is 1. The number of benzene rings is 2. The number of aromatic nitrogens is 2. The van der Waals surface area contributed by atoms with Crippen molar-refractivity contribution < 1.29 is 4.79 Å². The molecule has 0 unspecified atom stereocenters. The molecule has 2 aromatic carbocycles. The molecule has 0 aliphatic rings. The second-order valence-corrected chi connectivity index (χ2v) is 5.76. The Morgan fingerprint density at radius 2 is 2.00 bits per heavy atom. The Morgan fingerprint density at radius 1 is 1.12 bits per heavy atom. The number of H-pyrrole nitrogens is 2. The van der Waals surface area contributed by atoms with Crippen LogP contribution >= 0.6 is 0 Å². The van der Waals surface area contributed by atoms with Gasteiger partial charge >= 0.3 is 0 Å². The van der Waals surface area contributed by atoms with E-state index in [4.69, 9.17) is 0 Å². The highest BCUT2D eigenvalue weighted by Crippen LogP contribution is 2.17. The van der Waals surface area contributed by atoms with Crippen molar-refractivity contribution in [2.75, 3.05) is 0 Å². The number of aryl methyl sites for hydroxylation is 1. The summed E-state index contributed by atoms with van der Waals surface area (Å²) in [6, 6.07) is 15.8.